The van der Waals surface area contributed by atoms with Gasteiger partial charge < -0.3 is 20.7 Å². The smallest absolute Gasteiger partial charge is 0.166 e. The summed E-state index contributed by atoms with van der Waals surface area (Å²) in [5.41, 5.74) is 9.11. The molecule has 2 atom stereocenters. The van der Waals surface area contributed by atoms with Crippen molar-refractivity contribution >= 4 is 17.3 Å². The first kappa shape index (κ1) is 19.6. The summed E-state index contributed by atoms with van der Waals surface area (Å²) in [5.74, 6) is 0.688. The van der Waals surface area contributed by atoms with E-state index in [0.717, 1.165) is 5.69 Å². The molecule has 9 heteroatoms. The molecule has 0 saturated carbocycles. The van der Waals surface area contributed by atoms with Gasteiger partial charge >= 0.3 is 0 Å². The molecule has 0 radical (unpaired) electrons. The van der Waals surface area contributed by atoms with E-state index in [9.17, 15) is 9.65 Å². The lowest BCUT2D eigenvalue weighted by Crippen LogP contribution is -2.38. The summed E-state index contributed by atoms with van der Waals surface area (Å²) < 4.78 is 21.9. The largest absolute Gasteiger partial charge is 0.482 e. The van der Waals surface area contributed by atoms with Crippen LogP contribution in [0.15, 0.2) is 54.9 Å². The molecule has 4 heterocycles. The minimum atomic E-state index is -0.525. The molecule has 2 aliphatic heterocycles. The van der Waals surface area contributed by atoms with Crippen LogP contribution in [0, 0.1) is 17.1 Å². The van der Waals surface area contributed by atoms with E-state index in [4.69, 9.17) is 10.5 Å². The van der Waals surface area contributed by atoms with E-state index in [0.29, 0.717) is 34.0 Å². The van der Waals surface area contributed by atoms with Gasteiger partial charge in [-0.15, -0.1) is 0 Å². The maximum atomic E-state index is 14.2. The number of nitrogen functional groups attached to an aromatic ring is 1. The third-order valence-corrected chi connectivity index (χ3v) is 5.57. The van der Waals surface area contributed by atoms with Crippen molar-refractivity contribution in [1.82, 2.24) is 14.8 Å². The van der Waals surface area contributed by atoms with E-state index in [2.05, 4.69) is 21.5 Å². The molecule has 2 aromatic heterocycles. The number of anilines is 3. The van der Waals surface area contributed by atoms with Gasteiger partial charge in [-0.2, -0.15) is 10.4 Å². The highest BCUT2D eigenvalue weighted by molar-refractivity contribution is 5.82. The fourth-order valence-electron chi connectivity index (χ4n) is 4.04. The number of allylic oxidation sites excluding steroid dienone is 2. The van der Waals surface area contributed by atoms with Crippen molar-refractivity contribution in [2.75, 3.05) is 16.0 Å². The molecule has 1 aromatic carbocycles. The second kappa shape index (κ2) is 7.42. The molecule has 0 amide bonds. The number of nitrogens with zero attached hydrogens (tertiary/aromatic N) is 5. The second-order valence-electron chi connectivity index (χ2n) is 7.60. The Bertz CT molecular complexity index is 1320. The number of pyridine rings is 1. The number of fused-ring (bicyclic) bond motifs is 7. The second-order valence-corrected chi connectivity index (χ2v) is 7.60. The zero-order valence-electron chi connectivity index (χ0n) is 17.5. The topological polar surface area (TPSA) is 105 Å². The third-order valence-electron chi connectivity index (χ3n) is 5.57. The minimum absolute atomic E-state index is 0.200. The van der Waals surface area contributed by atoms with Crippen LogP contribution in [-0.2, 0) is 7.05 Å². The normalized spacial score (nSPS) is 18.8. The fraction of sp³-hybridized carbons (Fsp3) is 0.174. The third kappa shape index (κ3) is 3.13. The zero-order chi connectivity index (χ0) is 22.4. The number of rotatable bonds is 0. The van der Waals surface area contributed by atoms with Crippen molar-refractivity contribution in [2.24, 2.45) is 7.05 Å². The fourth-order valence-corrected chi connectivity index (χ4v) is 4.04. The number of aromatic nitrogens is 3. The molecule has 160 valence electrons. The van der Waals surface area contributed by atoms with Gasteiger partial charge in [0.15, 0.2) is 17.4 Å². The van der Waals surface area contributed by atoms with Crippen LogP contribution in [0.5, 0.6) is 5.75 Å². The molecular weight excluding hydrogens is 409 g/mol. The summed E-state index contributed by atoms with van der Waals surface area (Å²) in [7, 11) is 1.71. The molecule has 0 spiro atoms. The quantitative estimate of drug-likeness (QED) is 0.559. The molecule has 3 aromatic rings. The van der Waals surface area contributed by atoms with Crippen LogP contribution in [0.3, 0.4) is 0 Å². The number of ether oxygens (including phenoxy) is 1. The number of nitriles is 1. The molecule has 5 rings (SSSR count). The van der Waals surface area contributed by atoms with Gasteiger partial charge in [-0.05, 0) is 43.3 Å². The average molecular weight is 429 g/mol. The van der Waals surface area contributed by atoms with Crippen molar-refractivity contribution in [1.29, 1.82) is 5.26 Å². The Labute approximate surface area is 184 Å². The van der Waals surface area contributed by atoms with E-state index in [1.807, 2.05) is 36.3 Å². The molecule has 32 heavy (non-hydrogen) atoms. The van der Waals surface area contributed by atoms with Crippen molar-refractivity contribution in [3.8, 4) is 22.9 Å². The lowest BCUT2D eigenvalue weighted by Gasteiger charge is -2.34. The first-order chi connectivity index (χ1) is 15.5. The first-order valence-electron chi connectivity index (χ1n) is 10.0. The van der Waals surface area contributed by atoms with Gasteiger partial charge in [0, 0.05) is 36.3 Å². The molecular formula is C23H20FN7O. The van der Waals surface area contributed by atoms with Gasteiger partial charge in [-0.25, -0.2) is 9.37 Å². The van der Waals surface area contributed by atoms with Crippen molar-refractivity contribution in [3.05, 3.63) is 72.0 Å². The number of benzene rings is 1. The van der Waals surface area contributed by atoms with Crippen LogP contribution in [-0.4, -0.2) is 20.9 Å². The standard InChI is InChI=1S/C23H20FN7O/c1-13-16-10-15(24)6-7-17(16)31-8-4-3-5-20(31)28-23-21(18(11-25)30(2)29-23)14-9-19(32-13)22(26)27-12-14/h3-10,12-13,20H,1-2H3,(H2,26,27)(H,28,29). The lowest BCUT2D eigenvalue weighted by atomic mass is 10.0. The molecule has 2 unspecified atom stereocenters. The molecule has 2 aliphatic rings. The zero-order valence-corrected chi connectivity index (χ0v) is 17.5. The van der Waals surface area contributed by atoms with Crippen LogP contribution in [0.2, 0.25) is 0 Å². The van der Waals surface area contributed by atoms with Gasteiger partial charge in [0.1, 0.15) is 29.9 Å². The Morgan fingerprint density at radius 3 is 2.94 bits per heavy atom. The summed E-state index contributed by atoms with van der Waals surface area (Å²) in [6.07, 6.45) is 8.40. The monoisotopic (exact) mass is 429 g/mol. The van der Waals surface area contributed by atoms with Crippen molar-refractivity contribution in [2.45, 2.75) is 19.2 Å². The Morgan fingerprint density at radius 2 is 2.12 bits per heavy atom. The maximum absolute atomic E-state index is 14.2. The molecule has 2 bridgehead atoms. The number of halogens is 1. The Kier molecular flexibility index (Phi) is 4.56. The van der Waals surface area contributed by atoms with Crippen LogP contribution < -0.4 is 20.7 Å². The van der Waals surface area contributed by atoms with Crippen molar-refractivity contribution in [3.63, 3.8) is 0 Å². The van der Waals surface area contributed by atoms with Gasteiger partial charge in [-0.1, -0.05) is 6.08 Å². The van der Waals surface area contributed by atoms with E-state index in [1.165, 1.54) is 16.8 Å². The van der Waals surface area contributed by atoms with Crippen LogP contribution in [0.1, 0.15) is 24.3 Å². The number of aryl methyl sites for hydroxylation is 1. The summed E-state index contributed by atoms with van der Waals surface area (Å²) in [6, 6.07) is 8.54. The van der Waals surface area contributed by atoms with Crippen LogP contribution >= 0.6 is 0 Å². The van der Waals surface area contributed by atoms with E-state index < -0.39 is 6.10 Å². The number of nitrogens with one attached hydrogen (secondary N) is 1. The summed E-state index contributed by atoms with van der Waals surface area (Å²) in [5, 5.41) is 17.7. The Balaban J connectivity index is 1.78. The van der Waals surface area contributed by atoms with Crippen molar-refractivity contribution < 1.29 is 9.13 Å². The van der Waals surface area contributed by atoms with E-state index >= 15 is 0 Å². The van der Waals surface area contributed by atoms with Crippen LogP contribution in [0.25, 0.3) is 11.1 Å². The maximum Gasteiger partial charge on any atom is 0.166 e. The van der Waals surface area contributed by atoms with Gasteiger partial charge in [0.25, 0.3) is 0 Å². The highest BCUT2D eigenvalue weighted by Gasteiger charge is 2.28. The Morgan fingerprint density at radius 1 is 1.28 bits per heavy atom. The van der Waals surface area contributed by atoms with Gasteiger partial charge in [0.2, 0.25) is 0 Å². The average Bonchev–Trinajstić information content (AvgIpc) is 3.09. The Hall–Kier alpha value is -4.32. The molecule has 0 aliphatic carbocycles. The van der Waals surface area contributed by atoms with E-state index in [1.54, 1.807) is 25.4 Å². The molecule has 0 fully saturated rings. The number of hydrogen-bond donors (Lipinski definition) is 2. The number of hydrogen-bond acceptors (Lipinski definition) is 7. The molecule has 8 nitrogen and oxygen atoms in total. The van der Waals surface area contributed by atoms with E-state index in [-0.39, 0.29) is 17.8 Å². The minimum Gasteiger partial charge on any atom is -0.482 e. The molecule has 0 saturated heterocycles. The number of nitrogens with two attached hydrogens (primary N) is 1. The SMILES string of the molecule is CC1Oc2cc(cnc2N)-c2c(nn(C)c2C#N)NC2C=CC=CN2c2ccc(F)cc21. The summed E-state index contributed by atoms with van der Waals surface area (Å²) in [6.45, 7) is 1.83. The predicted octanol–water partition coefficient (Wildman–Crippen LogP) is 3.86. The predicted molar refractivity (Wildman–Crippen MR) is 119 cm³/mol. The van der Waals surface area contributed by atoms with Crippen LogP contribution in [0.4, 0.5) is 21.7 Å². The summed E-state index contributed by atoms with van der Waals surface area (Å²) >= 11 is 0. The highest BCUT2D eigenvalue weighted by Crippen LogP contribution is 2.39. The van der Waals surface area contributed by atoms with Gasteiger partial charge in [0.05, 0.1) is 5.56 Å². The molecule has 3 N–H and O–H groups in total. The first-order valence-corrected chi connectivity index (χ1v) is 10.0. The van der Waals surface area contributed by atoms with Gasteiger partial charge in [-0.3, -0.25) is 4.68 Å². The highest BCUT2D eigenvalue weighted by atomic mass is 19.1. The summed E-state index contributed by atoms with van der Waals surface area (Å²) in [4.78, 5) is 6.24. The lowest BCUT2D eigenvalue weighted by molar-refractivity contribution is 0.227.